The van der Waals surface area contributed by atoms with Crippen LogP contribution in [0.3, 0.4) is 0 Å². The largest absolute Gasteiger partial charge is 0.494 e. The summed E-state index contributed by atoms with van der Waals surface area (Å²) in [6, 6.07) is 23.5. The second kappa shape index (κ2) is 13.6. The molecule has 0 aromatic heterocycles. The fourth-order valence-electron chi connectivity index (χ4n) is 4.66. The van der Waals surface area contributed by atoms with E-state index in [1.807, 2.05) is 62.4 Å². The van der Waals surface area contributed by atoms with E-state index in [0.717, 1.165) is 36.3 Å². The summed E-state index contributed by atoms with van der Waals surface area (Å²) >= 11 is 0. The maximum absolute atomic E-state index is 13.7. The van der Waals surface area contributed by atoms with Crippen molar-refractivity contribution in [1.82, 2.24) is 14.5 Å². The van der Waals surface area contributed by atoms with E-state index in [0.29, 0.717) is 25.4 Å². The fraction of sp³-hybridized carbons (Fsp3) is 0.323. The zero-order valence-corrected chi connectivity index (χ0v) is 23.4. The zero-order valence-electron chi connectivity index (χ0n) is 22.6. The van der Waals surface area contributed by atoms with E-state index in [1.165, 1.54) is 6.07 Å². The van der Waals surface area contributed by atoms with Crippen LogP contribution < -0.4 is 9.46 Å². The van der Waals surface area contributed by atoms with Gasteiger partial charge in [-0.3, -0.25) is 9.69 Å². The van der Waals surface area contributed by atoms with Crippen molar-refractivity contribution in [2.75, 3.05) is 39.3 Å². The van der Waals surface area contributed by atoms with Crippen LogP contribution in [0.4, 0.5) is 0 Å². The molecule has 1 atom stereocenters. The van der Waals surface area contributed by atoms with Crippen molar-refractivity contribution in [2.45, 2.75) is 31.2 Å². The SMILES string of the molecule is CCOc1ccc(S(=O)(=O)NC(Cc2ccccc2)C(=O)N2CCN(C/C=C/c3ccccc3)CC2)cc1C. The lowest BCUT2D eigenvalue weighted by atomic mass is 10.1. The molecule has 0 bridgehead atoms. The Kier molecular flexibility index (Phi) is 9.92. The smallest absolute Gasteiger partial charge is 0.241 e. The molecule has 1 aliphatic rings. The summed E-state index contributed by atoms with van der Waals surface area (Å²) in [4.78, 5) is 17.9. The summed E-state index contributed by atoms with van der Waals surface area (Å²) in [6.07, 6.45) is 4.51. The van der Waals surface area contributed by atoms with E-state index in [-0.39, 0.29) is 17.2 Å². The Balaban J connectivity index is 1.43. The molecule has 0 spiro atoms. The number of ether oxygens (including phenoxy) is 1. The number of aryl methyl sites for hydroxylation is 1. The van der Waals surface area contributed by atoms with Crippen LogP contribution in [0.2, 0.25) is 0 Å². The van der Waals surface area contributed by atoms with Gasteiger partial charge in [0.15, 0.2) is 0 Å². The molecule has 0 aliphatic carbocycles. The number of rotatable bonds is 11. The molecule has 8 heteroatoms. The number of sulfonamides is 1. The number of carbonyl (C=O) groups is 1. The molecular formula is C31H37N3O4S. The first kappa shape index (κ1) is 28.5. The first-order chi connectivity index (χ1) is 18.9. The van der Waals surface area contributed by atoms with Crippen molar-refractivity contribution < 1.29 is 17.9 Å². The predicted molar refractivity (Wildman–Crippen MR) is 155 cm³/mol. The van der Waals surface area contributed by atoms with Crippen molar-refractivity contribution >= 4 is 22.0 Å². The normalized spacial score (nSPS) is 15.4. The van der Waals surface area contributed by atoms with Crippen LogP contribution in [0, 0.1) is 6.92 Å². The number of benzene rings is 3. The van der Waals surface area contributed by atoms with Crippen molar-refractivity contribution in [3.8, 4) is 5.75 Å². The molecule has 4 rings (SSSR count). The maximum Gasteiger partial charge on any atom is 0.241 e. The van der Waals surface area contributed by atoms with Crippen LogP contribution in [0.25, 0.3) is 6.08 Å². The van der Waals surface area contributed by atoms with Gasteiger partial charge in [-0.2, -0.15) is 4.72 Å². The lowest BCUT2D eigenvalue weighted by Gasteiger charge is -2.36. The minimum absolute atomic E-state index is 0.115. The van der Waals surface area contributed by atoms with E-state index < -0.39 is 16.1 Å². The Morgan fingerprint density at radius 1 is 0.974 bits per heavy atom. The monoisotopic (exact) mass is 547 g/mol. The first-order valence-corrected chi connectivity index (χ1v) is 14.9. The molecule has 1 unspecified atom stereocenters. The van der Waals surface area contributed by atoms with Crippen LogP contribution in [-0.4, -0.2) is 69.5 Å². The molecule has 7 nitrogen and oxygen atoms in total. The summed E-state index contributed by atoms with van der Waals surface area (Å²) in [5.41, 5.74) is 2.78. The van der Waals surface area contributed by atoms with Crippen LogP contribution in [0.1, 0.15) is 23.6 Å². The van der Waals surface area contributed by atoms with E-state index in [4.69, 9.17) is 4.74 Å². The van der Waals surface area contributed by atoms with Gasteiger partial charge in [0, 0.05) is 32.7 Å². The highest BCUT2D eigenvalue weighted by Gasteiger charge is 2.31. The molecule has 206 valence electrons. The van der Waals surface area contributed by atoms with Gasteiger partial charge in [0.2, 0.25) is 15.9 Å². The third-order valence-electron chi connectivity index (χ3n) is 6.79. The van der Waals surface area contributed by atoms with E-state index >= 15 is 0 Å². The van der Waals surface area contributed by atoms with Crippen LogP contribution in [0.15, 0.2) is 89.8 Å². The van der Waals surface area contributed by atoms with Gasteiger partial charge in [0.1, 0.15) is 11.8 Å². The third kappa shape index (κ3) is 8.02. The van der Waals surface area contributed by atoms with Gasteiger partial charge in [-0.1, -0.05) is 72.8 Å². The molecule has 3 aromatic carbocycles. The molecule has 3 aromatic rings. The van der Waals surface area contributed by atoms with Gasteiger partial charge in [-0.15, -0.1) is 0 Å². The number of nitrogens with one attached hydrogen (secondary N) is 1. The third-order valence-corrected chi connectivity index (χ3v) is 8.26. The molecule has 1 amide bonds. The molecule has 39 heavy (non-hydrogen) atoms. The quantitative estimate of drug-likeness (QED) is 0.390. The molecule has 1 fully saturated rings. The summed E-state index contributed by atoms with van der Waals surface area (Å²) < 4.78 is 35.0. The van der Waals surface area contributed by atoms with Crippen LogP contribution >= 0.6 is 0 Å². The fourth-order valence-corrected chi connectivity index (χ4v) is 5.94. The lowest BCUT2D eigenvalue weighted by Crippen LogP contribution is -2.55. The first-order valence-electron chi connectivity index (χ1n) is 13.4. The van der Waals surface area contributed by atoms with E-state index in [2.05, 4.69) is 33.9 Å². The zero-order chi connectivity index (χ0) is 27.7. The van der Waals surface area contributed by atoms with Gasteiger partial charge in [0.25, 0.3) is 0 Å². The van der Waals surface area contributed by atoms with Gasteiger partial charge < -0.3 is 9.64 Å². The lowest BCUT2D eigenvalue weighted by molar-refractivity contribution is -0.134. The summed E-state index contributed by atoms with van der Waals surface area (Å²) in [7, 11) is -3.94. The molecule has 1 heterocycles. The van der Waals surface area contributed by atoms with Gasteiger partial charge in [-0.25, -0.2) is 8.42 Å². The van der Waals surface area contributed by atoms with Gasteiger partial charge in [0.05, 0.1) is 11.5 Å². The van der Waals surface area contributed by atoms with Crippen LogP contribution in [-0.2, 0) is 21.2 Å². The van der Waals surface area contributed by atoms with Crippen molar-refractivity contribution in [3.63, 3.8) is 0 Å². The number of nitrogens with zero attached hydrogens (tertiary/aromatic N) is 2. The number of carbonyl (C=O) groups excluding carboxylic acids is 1. The molecule has 0 radical (unpaired) electrons. The highest BCUT2D eigenvalue weighted by Crippen LogP contribution is 2.22. The van der Waals surface area contributed by atoms with Gasteiger partial charge >= 0.3 is 0 Å². The predicted octanol–water partition coefficient (Wildman–Crippen LogP) is 4.14. The molecular weight excluding hydrogens is 510 g/mol. The average Bonchev–Trinajstić information content (AvgIpc) is 2.95. The highest BCUT2D eigenvalue weighted by molar-refractivity contribution is 7.89. The Labute approximate surface area is 232 Å². The number of amides is 1. The highest BCUT2D eigenvalue weighted by atomic mass is 32.2. The second-order valence-electron chi connectivity index (χ2n) is 9.66. The summed E-state index contributed by atoms with van der Waals surface area (Å²) in [6.45, 7) is 7.54. The minimum Gasteiger partial charge on any atom is -0.494 e. The number of piperazine rings is 1. The summed E-state index contributed by atoms with van der Waals surface area (Å²) in [5, 5.41) is 0. The Morgan fingerprint density at radius 3 is 2.28 bits per heavy atom. The second-order valence-corrected chi connectivity index (χ2v) is 11.4. The topological polar surface area (TPSA) is 78.9 Å². The molecule has 1 saturated heterocycles. The van der Waals surface area contributed by atoms with E-state index in [1.54, 1.807) is 17.0 Å². The van der Waals surface area contributed by atoms with Crippen LogP contribution in [0.5, 0.6) is 5.75 Å². The Bertz CT molecular complexity index is 1350. The van der Waals surface area contributed by atoms with Crippen molar-refractivity contribution in [1.29, 1.82) is 0 Å². The minimum atomic E-state index is -3.94. The molecule has 1 N–H and O–H groups in total. The summed E-state index contributed by atoms with van der Waals surface area (Å²) in [5.74, 6) is 0.439. The number of hydrogen-bond acceptors (Lipinski definition) is 5. The van der Waals surface area contributed by atoms with Crippen molar-refractivity contribution in [2.24, 2.45) is 0 Å². The Morgan fingerprint density at radius 2 is 1.64 bits per heavy atom. The standard InChI is InChI=1S/C31H37N3O4S/c1-3-38-30-17-16-28(23-25(30)2)39(36,37)32-29(24-27-13-8-5-9-14-27)31(35)34-21-19-33(20-22-34)18-10-15-26-11-6-4-7-12-26/h4-17,23,29,32H,3,18-22,24H2,1-2H3/b15-10+. The Hall–Kier alpha value is -3.46. The number of hydrogen-bond donors (Lipinski definition) is 1. The maximum atomic E-state index is 13.7. The molecule has 0 saturated carbocycles. The van der Waals surface area contributed by atoms with Crippen molar-refractivity contribution in [3.05, 3.63) is 102 Å². The molecule has 1 aliphatic heterocycles. The average molecular weight is 548 g/mol. The van der Waals surface area contributed by atoms with Gasteiger partial charge in [-0.05, 0) is 55.2 Å². The van der Waals surface area contributed by atoms with E-state index in [9.17, 15) is 13.2 Å².